The third-order valence-electron chi connectivity index (χ3n) is 0.380. The standard InChI is InChI=1S/C4H11O3P/c1-4(2)7-8(3,5)6/h4-6H,3H2,1-2H3. The fraction of sp³-hybridized carbons (Fsp3) is 0.750. The van der Waals surface area contributed by atoms with E-state index in [0.717, 1.165) is 0 Å². The lowest BCUT2D eigenvalue weighted by Gasteiger charge is -2.12. The first-order valence-corrected chi connectivity index (χ1v) is 4.09. The quantitative estimate of drug-likeness (QED) is 0.549. The molecule has 0 bridgehead atoms. The van der Waals surface area contributed by atoms with Crippen molar-refractivity contribution in [2.75, 3.05) is 0 Å². The molecular formula is C4H11O3P. The van der Waals surface area contributed by atoms with E-state index in [-0.39, 0.29) is 6.10 Å². The number of hydrogen-bond acceptors (Lipinski definition) is 3. The summed E-state index contributed by atoms with van der Waals surface area (Å²) in [5, 5.41) is 0. The second-order valence-corrected chi connectivity index (χ2v) is 3.36. The van der Waals surface area contributed by atoms with Gasteiger partial charge in [-0.15, -0.1) is 0 Å². The van der Waals surface area contributed by atoms with E-state index in [1.807, 2.05) is 0 Å². The molecule has 4 heteroatoms. The Morgan fingerprint density at radius 1 is 1.50 bits per heavy atom. The van der Waals surface area contributed by atoms with Crippen molar-refractivity contribution in [3.8, 4) is 0 Å². The third-order valence-corrected chi connectivity index (χ3v) is 1.14. The van der Waals surface area contributed by atoms with Crippen LogP contribution in [0.1, 0.15) is 13.8 Å². The van der Waals surface area contributed by atoms with Gasteiger partial charge in [-0.05, 0) is 20.1 Å². The van der Waals surface area contributed by atoms with Crippen LogP contribution in [0.2, 0.25) is 0 Å². The number of hydrogen-bond donors (Lipinski definition) is 2. The fourth-order valence-electron chi connectivity index (χ4n) is 0.338. The minimum absolute atomic E-state index is 0.171. The van der Waals surface area contributed by atoms with E-state index in [4.69, 9.17) is 9.79 Å². The molecule has 2 N–H and O–H groups in total. The summed E-state index contributed by atoms with van der Waals surface area (Å²) >= 11 is 0. The molecule has 0 aliphatic carbocycles. The van der Waals surface area contributed by atoms with Crippen LogP contribution in [-0.2, 0) is 4.52 Å². The summed E-state index contributed by atoms with van der Waals surface area (Å²) in [6, 6.07) is 0. The van der Waals surface area contributed by atoms with Crippen LogP contribution in [0.4, 0.5) is 0 Å². The average Bonchev–Trinajstić information content (AvgIpc) is 1.21. The van der Waals surface area contributed by atoms with Gasteiger partial charge in [0, 0.05) is 0 Å². The summed E-state index contributed by atoms with van der Waals surface area (Å²) < 4.78 is 4.55. The minimum Gasteiger partial charge on any atom is -0.333 e. The van der Waals surface area contributed by atoms with Crippen molar-refractivity contribution in [2.24, 2.45) is 0 Å². The van der Waals surface area contributed by atoms with Gasteiger partial charge in [-0.2, -0.15) is 0 Å². The van der Waals surface area contributed by atoms with Gasteiger partial charge in [0.15, 0.2) is 0 Å². The normalized spacial score (nSPS) is 12.6. The van der Waals surface area contributed by atoms with Crippen molar-refractivity contribution < 1.29 is 14.3 Å². The predicted molar refractivity (Wildman–Crippen MR) is 34.7 cm³/mol. The molecular weight excluding hydrogens is 127 g/mol. The lowest BCUT2D eigenvalue weighted by Crippen LogP contribution is -1.98. The fourth-order valence-corrected chi connectivity index (χ4v) is 1.01. The van der Waals surface area contributed by atoms with Crippen LogP contribution in [0.5, 0.6) is 0 Å². The molecule has 0 aromatic heterocycles. The summed E-state index contributed by atoms with van der Waals surface area (Å²) in [6.07, 6.45) is 2.84. The molecule has 0 unspecified atom stereocenters. The molecule has 0 atom stereocenters. The highest BCUT2D eigenvalue weighted by Crippen LogP contribution is 2.36. The molecule has 0 amide bonds. The van der Waals surface area contributed by atoms with E-state index < -0.39 is 7.57 Å². The Morgan fingerprint density at radius 3 is 1.88 bits per heavy atom. The van der Waals surface area contributed by atoms with Gasteiger partial charge in [-0.1, -0.05) is 0 Å². The van der Waals surface area contributed by atoms with Gasteiger partial charge in [0.2, 0.25) is 7.57 Å². The van der Waals surface area contributed by atoms with Gasteiger partial charge in [0.05, 0.1) is 6.10 Å². The zero-order valence-corrected chi connectivity index (χ0v) is 5.93. The zero-order valence-electron chi connectivity index (χ0n) is 5.03. The van der Waals surface area contributed by atoms with Crippen LogP contribution in [-0.4, -0.2) is 22.2 Å². The van der Waals surface area contributed by atoms with Gasteiger partial charge in [-0.25, -0.2) is 0 Å². The van der Waals surface area contributed by atoms with Crippen LogP contribution in [0, 0.1) is 0 Å². The SMILES string of the molecule is C=P(O)(O)OC(C)C. The highest BCUT2D eigenvalue weighted by molar-refractivity contribution is 7.57. The Labute approximate surface area is 49.1 Å². The summed E-state index contributed by atoms with van der Waals surface area (Å²) in [4.78, 5) is 17.0. The maximum atomic E-state index is 8.52. The molecule has 0 aliphatic heterocycles. The molecule has 0 fully saturated rings. The Balaban J connectivity index is 3.56. The maximum Gasteiger partial charge on any atom is 0.245 e. The number of rotatable bonds is 2. The minimum atomic E-state index is -3.22. The summed E-state index contributed by atoms with van der Waals surface area (Å²) in [6.45, 7) is 3.43. The van der Waals surface area contributed by atoms with Gasteiger partial charge < -0.3 is 14.3 Å². The molecule has 8 heavy (non-hydrogen) atoms. The average molecular weight is 138 g/mol. The molecule has 0 heterocycles. The first kappa shape index (κ1) is 8.18. The molecule has 50 valence electrons. The topological polar surface area (TPSA) is 49.7 Å². The van der Waals surface area contributed by atoms with E-state index in [9.17, 15) is 0 Å². The van der Waals surface area contributed by atoms with Gasteiger partial charge in [0.1, 0.15) is 0 Å². The predicted octanol–water partition coefficient (Wildman–Crippen LogP) is 0.591. The van der Waals surface area contributed by atoms with Gasteiger partial charge in [-0.3, -0.25) is 0 Å². The molecule has 0 aromatic rings. The van der Waals surface area contributed by atoms with E-state index in [1.54, 1.807) is 13.8 Å². The molecule has 0 spiro atoms. The van der Waals surface area contributed by atoms with Crippen molar-refractivity contribution in [1.29, 1.82) is 0 Å². The summed E-state index contributed by atoms with van der Waals surface area (Å²) in [7, 11) is -3.22. The summed E-state index contributed by atoms with van der Waals surface area (Å²) in [5.41, 5.74) is 0. The van der Waals surface area contributed by atoms with Crippen LogP contribution in [0.15, 0.2) is 0 Å². The van der Waals surface area contributed by atoms with Crippen LogP contribution < -0.4 is 0 Å². The van der Waals surface area contributed by atoms with Crippen molar-refractivity contribution in [3.63, 3.8) is 0 Å². The third kappa shape index (κ3) is 6.18. The molecule has 0 rings (SSSR count). The van der Waals surface area contributed by atoms with Gasteiger partial charge >= 0.3 is 0 Å². The van der Waals surface area contributed by atoms with E-state index in [2.05, 4.69) is 10.8 Å². The van der Waals surface area contributed by atoms with Crippen molar-refractivity contribution in [2.45, 2.75) is 20.0 Å². The van der Waals surface area contributed by atoms with Crippen LogP contribution >= 0.6 is 7.57 Å². The first-order valence-electron chi connectivity index (χ1n) is 2.29. The van der Waals surface area contributed by atoms with Crippen molar-refractivity contribution in [3.05, 3.63) is 0 Å². The lowest BCUT2D eigenvalue weighted by atomic mass is 10.5. The maximum absolute atomic E-state index is 8.52. The smallest absolute Gasteiger partial charge is 0.245 e. The van der Waals surface area contributed by atoms with Crippen molar-refractivity contribution >= 4 is 13.9 Å². The van der Waals surface area contributed by atoms with Crippen molar-refractivity contribution in [1.82, 2.24) is 0 Å². The van der Waals surface area contributed by atoms with E-state index in [1.165, 1.54) is 0 Å². The molecule has 3 nitrogen and oxygen atoms in total. The Morgan fingerprint density at radius 2 is 1.88 bits per heavy atom. The Bertz CT molecular complexity index is 104. The zero-order chi connectivity index (χ0) is 6.78. The Kier molecular flexibility index (Phi) is 2.71. The summed E-state index contributed by atoms with van der Waals surface area (Å²) in [5.74, 6) is 0. The second-order valence-electron chi connectivity index (χ2n) is 1.82. The molecule has 0 saturated carbocycles. The molecule has 0 saturated heterocycles. The molecule has 0 radical (unpaired) electrons. The largest absolute Gasteiger partial charge is 0.333 e. The monoisotopic (exact) mass is 138 g/mol. The first-order chi connectivity index (χ1) is 3.42. The van der Waals surface area contributed by atoms with Crippen LogP contribution in [0.3, 0.4) is 0 Å². The van der Waals surface area contributed by atoms with Crippen LogP contribution in [0.25, 0.3) is 0 Å². The van der Waals surface area contributed by atoms with E-state index in [0.29, 0.717) is 0 Å². The highest BCUT2D eigenvalue weighted by Gasteiger charge is 2.05. The Hall–Kier alpha value is 0.180. The molecule has 0 aromatic carbocycles. The lowest BCUT2D eigenvalue weighted by molar-refractivity contribution is 0.197. The van der Waals surface area contributed by atoms with Gasteiger partial charge in [0.25, 0.3) is 0 Å². The highest BCUT2D eigenvalue weighted by atomic mass is 31.2. The molecule has 0 aliphatic rings. The van der Waals surface area contributed by atoms with E-state index >= 15 is 0 Å². The second kappa shape index (κ2) is 2.65.